The van der Waals surface area contributed by atoms with E-state index in [9.17, 15) is 17.6 Å². The average molecular weight is 288 g/mol. The number of nitrogens with two attached hydrogens (primary N) is 1. The van der Waals surface area contributed by atoms with Crippen LogP contribution in [0.1, 0.15) is 37.0 Å². The molecule has 0 atom stereocenters. The Morgan fingerprint density at radius 2 is 1.89 bits per heavy atom. The van der Waals surface area contributed by atoms with Crippen molar-refractivity contribution in [3.63, 3.8) is 0 Å². The molecule has 7 heteroatoms. The molecule has 1 rings (SSSR count). The molecule has 1 aromatic carbocycles. The molecule has 0 aliphatic carbocycles. The summed E-state index contributed by atoms with van der Waals surface area (Å²) in [5.74, 6) is -1.33. The highest BCUT2D eigenvalue weighted by molar-refractivity contribution is 7.89. The van der Waals surface area contributed by atoms with Crippen LogP contribution in [0.2, 0.25) is 0 Å². The first-order valence-electron chi connectivity index (χ1n) is 5.92. The molecule has 106 valence electrons. The maximum Gasteiger partial charge on any atom is 0.251 e. The number of hydrogen-bond acceptors (Lipinski definition) is 3. The highest BCUT2D eigenvalue weighted by atomic mass is 32.2. The molecule has 0 aliphatic heterocycles. The molecule has 1 aromatic rings. The molecular weight excluding hydrogens is 271 g/mol. The second kappa shape index (κ2) is 6.12. The number of carbonyl (C=O) groups is 1. The van der Waals surface area contributed by atoms with Crippen LogP contribution in [0, 0.1) is 5.82 Å². The first-order valence-corrected chi connectivity index (χ1v) is 7.46. The van der Waals surface area contributed by atoms with Gasteiger partial charge in [-0.2, -0.15) is 0 Å². The van der Waals surface area contributed by atoms with E-state index >= 15 is 0 Å². The van der Waals surface area contributed by atoms with Crippen LogP contribution in [0.4, 0.5) is 4.39 Å². The molecular formula is C12H17FN2O3S. The Kier molecular flexibility index (Phi) is 5.02. The minimum Gasteiger partial charge on any atom is -0.349 e. The molecule has 0 radical (unpaired) electrons. The Morgan fingerprint density at radius 1 is 1.32 bits per heavy atom. The van der Waals surface area contributed by atoms with Crippen LogP contribution >= 0.6 is 0 Å². The molecule has 0 spiro atoms. The van der Waals surface area contributed by atoms with Gasteiger partial charge in [-0.1, -0.05) is 13.8 Å². The van der Waals surface area contributed by atoms with Crippen molar-refractivity contribution >= 4 is 15.9 Å². The number of nitrogens with one attached hydrogen (secondary N) is 1. The monoisotopic (exact) mass is 288 g/mol. The summed E-state index contributed by atoms with van der Waals surface area (Å²) >= 11 is 0. The summed E-state index contributed by atoms with van der Waals surface area (Å²) in [5.41, 5.74) is -0.0593. The number of rotatable bonds is 5. The van der Waals surface area contributed by atoms with Gasteiger partial charge in [-0.15, -0.1) is 0 Å². The normalized spacial score (nSPS) is 11.6. The summed E-state index contributed by atoms with van der Waals surface area (Å²) in [6.45, 7) is 3.82. The van der Waals surface area contributed by atoms with Crippen LogP contribution < -0.4 is 10.5 Å². The van der Waals surface area contributed by atoms with Crippen LogP contribution in [-0.2, 0) is 10.0 Å². The number of hydrogen-bond donors (Lipinski definition) is 2. The lowest BCUT2D eigenvalue weighted by atomic mass is 10.1. The largest absolute Gasteiger partial charge is 0.349 e. The van der Waals surface area contributed by atoms with Gasteiger partial charge in [-0.25, -0.2) is 17.9 Å². The second-order valence-corrected chi connectivity index (χ2v) is 5.77. The Hall–Kier alpha value is -1.47. The number of amides is 1. The van der Waals surface area contributed by atoms with E-state index in [-0.39, 0.29) is 11.6 Å². The van der Waals surface area contributed by atoms with Gasteiger partial charge in [-0.05, 0) is 31.0 Å². The van der Waals surface area contributed by atoms with E-state index in [4.69, 9.17) is 5.14 Å². The van der Waals surface area contributed by atoms with Crippen LogP contribution in [0.15, 0.2) is 23.1 Å². The van der Waals surface area contributed by atoms with E-state index in [0.717, 1.165) is 31.0 Å². The smallest absolute Gasteiger partial charge is 0.251 e. The number of primary sulfonamides is 1. The van der Waals surface area contributed by atoms with E-state index in [0.29, 0.717) is 0 Å². The van der Waals surface area contributed by atoms with Crippen LogP contribution in [0.3, 0.4) is 0 Å². The van der Waals surface area contributed by atoms with E-state index in [1.165, 1.54) is 0 Å². The number of halogens is 1. The van der Waals surface area contributed by atoms with Crippen LogP contribution in [-0.4, -0.2) is 20.4 Å². The van der Waals surface area contributed by atoms with Crippen molar-refractivity contribution in [2.45, 2.75) is 37.6 Å². The topological polar surface area (TPSA) is 89.3 Å². The van der Waals surface area contributed by atoms with Crippen molar-refractivity contribution in [1.82, 2.24) is 5.32 Å². The number of benzene rings is 1. The lowest BCUT2D eigenvalue weighted by Gasteiger charge is -2.15. The highest BCUT2D eigenvalue weighted by Crippen LogP contribution is 2.13. The van der Waals surface area contributed by atoms with E-state index in [2.05, 4.69) is 5.32 Å². The molecule has 0 fully saturated rings. The molecule has 0 aromatic heterocycles. The number of carbonyl (C=O) groups excluding carboxylic acids is 1. The molecule has 1 amide bonds. The summed E-state index contributed by atoms with van der Waals surface area (Å²) in [5, 5.41) is 7.62. The Labute approximate surface area is 112 Å². The summed E-state index contributed by atoms with van der Waals surface area (Å²) in [7, 11) is -4.04. The van der Waals surface area contributed by atoms with Crippen molar-refractivity contribution in [2.24, 2.45) is 5.14 Å². The molecule has 0 aliphatic rings. The standard InChI is InChI=1S/C12H17FN2O3S/c1-3-10(4-2)15-12(16)8-5-9(13)7-11(6-8)19(14,17)18/h5-7,10H,3-4H2,1-2H3,(H,15,16)(H2,14,17,18). The molecule has 19 heavy (non-hydrogen) atoms. The van der Waals surface area contributed by atoms with Crippen LogP contribution in [0.5, 0.6) is 0 Å². The fourth-order valence-corrected chi connectivity index (χ4v) is 2.19. The molecule has 0 bridgehead atoms. The summed E-state index contributed by atoms with van der Waals surface area (Å²) < 4.78 is 35.7. The molecule has 0 unspecified atom stereocenters. The van der Waals surface area contributed by atoms with Gasteiger partial charge in [0.25, 0.3) is 5.91 Å². The third kappa shape index (κ3) is 4.29. The quantitative estimate of drug-likeness (QED) is 0.858. The minimum absolute atomic E-state index is 0.0336. The van der Waals surface area contributed by atoms with Crippen molar-refractivity contribution in [3.8, 4) is 0 Å². The maximum atomic E-state index is 13.3. The van der Waals surface area contributed by atoms with Crippen molar-refractivity contribution in [1.29, 1.82) is 0 Å². The van der Waals surface area contributed by atoms with E-state index < -0.39 is 26.6 Å². The Balaban J connectivity index is 3.08. The first-order chi connectivity index (χ1) is 8.77. The summed E-state index contributed by atoms with van der Waals surface area (Å²) in [6, 6.07) is 2.79. The van der Waals surface area contributed by atoms with Gasteiger partial charge in [0, 0.05) is 11.6 Å². The van der Waals surface area contributed by atoms with E-state index in [1.54, 1.807) is 0 Å². The maximum absolute atomic E-state index is 13.3. The third-order valence-corrected chi connectivity index (χ3v) is 3.68. The molecule has 0 heterocycles. The van der Waals surface area contributed by atoms with Crippen molar-refractivity contribution < 1.29 is 17.6 Å². The van der Waals surface area contributed by atoms with Gasteiger partial charge in [0.2, 0.25) is 10.0 Å². The predicted octanol–water partition coefficient (Wildman–Crippen LogP) is 1.39. The van der Waals surface area contributed by atoms with Gasteiger partial charge in [-0.3, -0.25) is 4.79 Å². The zero-order chi connectivity index (χ0) is 14.6. The fraction of sp³-hybridized carbons (Fsp3) is 0.417. The van der Waals surface area contributed by atoms with Gasteiger partial charge in [0.1, 0.15) is 5.82 Å². The fourth-order valence-electron chi connectivity index (χ4n) is 1.62. The molecule has 5 nitrogen and oxygen atoms in total. The lowest BCUT2D eigenvalue weighted by Crippen LogP contribution is -2.34. The zero-order valence-corrected chi connectivity index (χ0v) is 11.6. The van der Waals surface area contributed by atoms with Crippen molar-refractivity contribution in [3.05, 3.63) is 29.6 Å². The van der Waals surface area contributed by atoms with Gasteiger partial charge in [0.05, 0.1) is 4.90 Å². The van der Waals surface area contributed by atoms with Gasteiger partial charge >= 0.3 is 0 Å². The average Bonchev–Trinajstić information content (AvgIpc) is 2.33. The van der Waals surface area contributed by atoms with Gasteiger partial charge < -0.3 is 5.32 Å². The molecule has 0 saturated carbocycles. The Bertz CT molecular complexity index is 568. The lowest BCUT2D eigenvalue weighted by molar-refractivity contribution is 0.0934. The molecule has 0 saturated heterocycles. The van der Waals surface area contributed by atoms with Crippen molar-refractivity contribution in [2.75, 3.05) is 0 Å². The second-order valence-electron chi connectivity index (χ2n) is 4.21. The van der Waals surface area contributed by atoms with Gasteiger partial charge in [0.15, 0.2) is 0 Å². The minimum atomic E-state index is -4.04. The summed E-state index contributed by atoms with van der Waals surface area (Å²) in [4.78, 5) is 11.5. The SMILES string of the molecule is CCC(CC)NC(=O)c1cc(F)cc(S(N)(=O)=O)c1. The number of sulfonamides is 1. The van der Waals surface area contributed by atoms with E-state index in [1.807, 2.05) is 13.8 Å². The predicted molar refractivity (Wildman–Crippen MR) is 69.6 cm³/mol. The van der Waals surface area contributed by atoms with Crippen LogP contribution in [0.25, 0.3) is 0 Å². The third-order valence-electron chi connectivity index (χ3n) is 2.78. The Morgan fingerprint density at radius 3 is 2.37 bits per heavy atom. The first kappa shape index (κ1) is 15.6. The zero-order valence-electron chi connectivity index (χ0n) is 10.8. The summed E-state index contributed by atoms with van der Waals surface area (Å²) in [6.07, 6.45) is 1.47. The molecule has 3 N–H and O–H groups in total. The highest BCUT2D eigenvalue weighted by Gasteiger charge is 2.16.